The Balaban J connectivity index is 1.66. The van der Waals surface area contributed by atoms with E-state index in [1.807, 2.05) is 30.5 Å². The van der Waals surface area contributed by atoms with Gasteiger partial charge in [-0.15, -0.1) is 0 Å². The molecule has 3 N–H and O–H groups in total. The highest BCUT2D eigenvalue weighted by Crippen LogP contribution is 2.20. The number of carbonyl (C=O) groups excluding carboxylic acids is 1. The van der Waals surface area contributed by atoms with Crippen LogP contribution in [0.2, 0.25) is 0 Å². The summed E-state index contributed by atoms with van der Waals surface area (Å²) in [5.74, 6) is -0.0132. The molecule has 4 nitrogen and oxygen atoms in total. The maximum Gasteiger partial charge on any atom is 0.224 e. The Morgan fingerprint density at radius 3 is 2.95 bits per heavy atom. The lowest BCUT2D eigenvalue weighted by atomic mass is 9.92. The van der Waals surface area contributed by atoms with Gasteiger partial charge in [0.1, 0.15) is 0 Å². The third kappa shape index (κ3) is 2.70. The molecule has 1 aliphatic rings. The minimum absolute atomic E-state index is 0.0132. The van der Waals surface area contributed by atoms with Crippen molar-refractivity contribution < 1.29 is 9.90 Å². The Kier molecular flexibility index (Phi) is 3.74. The predicted octanol–water partition coefficient (Wildman–Crippen LogP) is 2.13. The van der Waals surface area contributed by atoms with E-state index in [-0.39, 0.29) is 11.9 Å². The Morgan fingerprint density at radius 1 is 1.30 bits per heavy atom. The van der Waals surface area contributed by atoms with Crippen LogP contribution in [-0.2, 0) is 11.2 Å². The Hall–Kier alpha value is -1.81. The quantitative estimate of drug-likeness (QED) is 0.801. The predicted molar refractivity (Wildman–Crippen MR) is 78.4 cm³/mol. The highest BCUT2D eigenvalue weighted by Gasteiger charge is 2.24. The number of H-pyrrole nitrogens is 1. The fourth-order valence-corrected chi connectivity index (χ4v) is 2.99. The number of nitrogens with one attached hydrogen (secondary N) is 2. The van der Waals surface area contributed by atoms with Gasteiger partial charge in [-0.25, -0.2) is 0 Å². The zero-order chi connectivity index (χ0) is 13.9. The first-order valence-electron chi connectivity index (χ1n) is 7.26. The average molecular weight is 272 g/mol. The molecule has 3 rings (SSSR count). The van der Waals surface area contributed by atoms with Crippen molar-refractivity contribution in [3.05, 3.63) is 36.0 Å². The molecule has 1 aliphatic carbocycles. The number of rotatable bonds is 3. The van der Waals surface area contributed by atoms with E-state index in [2.05, 4.69) is 10.3 Å². The van der Waals surface area contributed by atoms with E-state index in [1.165, 1.54) is 0 Å². The highest BCUT2D eigenvalue weighted by molar-refractivity contribution is 5.88. The fourth-order valence-electron chi connectivity index (χ4n) is 2.99. The zero-order valence-electron chi connectivity index (χ0n) is 11.4. The third-order valence-electron chi connectivity index (χ3n) is 4.10. The Morgan fingerprint density at radius 2 is 2.10 bits per heavy atom. The fraction of sp³-hybridized carbons (Fsp3) is 0.438. The number of aliphatic hydroxyl groups excluding tert-OH is 1. The zero-order valence-corrected chi connectivity index (χ0v) is 11.4. The average Bonchev–Trinajstić information content (AvgIpc) is 2.85. The molecule has 0 spiro atoms. The summed E-state index contributed by atoms with van der Waals surface area (Å²) in [7, 11) is 0. The maximum absolute atomic E-state index is 12.1. The summed E-state index contributed by atoms with van der Waals surface area (Å²) < 4.78 is 0. The minimum atomic E-state index is -0.393. The number of aliphatic hydroxyl groups is 1. The first-order valence-corrected chi connectivity index (χ1v) is 7.26. The summed E-state index contributed by atoms with van der Waals surface area (Å²) in [5, 5.41) is 14.0. The van der Waals surface area contributed by atoms with Gasteiger partial charge in [-0.1, -0.05) is 31.0 Å². The summed E-state index contributed by atoms with van der Waals surface area (Å²) in [4.78, 5) is 15.3. The third-order valence-corrected chi connectivity index (χ3v) is 4.10. The van der Waals surface area contributed by atoms with E-state index >= 15 is 0 Å². The van der Waals surface area contributed by atoms with E-state index in [1.54, 1.807) is 0 Å². The molecule has 1 heterocycles. The van der Waals surface area contributed by atoms with Crippen molar-refractivity contribution in [1.82, 2.24) is 10.3 Å². The van der Waals surface area contributed by atoms with Crippen LogP contribution in [0.4, 0.5) is 0 Å². The lowest BCUT2D eigenvalue weighted by Crippen LogP contribution is -2.45. The number of fused-ring (bicyclic) bond motifs is 1. The monoisotopic (exact) mass is 272 g/mol. The second kappa shape index (κ2) is 5.67. The van der Waals surface area contributed by atoms with Gasteiger partial charge in [0.25, 0.3) is 0 Å². The topological polar surface area (TPSA) is 65.1 Å². The van der Waals surface area contributed by atoms with Crippen LogP contribution in [0, 0.1) is 0 Å². The SMILES string of the molecule is O=C(Cc1c[nH]c2ccccc12)N[C@H]1CCCC[C@@H]1O. The molecule has 0 unspecified atom stereocenters. The molecule has 1 aromatic heterocycles. The van der Waals surface area contributed by atoms with Crippen LogP contribution in [0.3, 0.4) is 0 Å². The van der Waals surface area contributed by atoms with E-state index in [9.17, 15) is 9.90 Å². The summed E-state index contributed by atoms with van der Waals surface area (Å²) >= 11 is 0. The summed E-state index contributed by atoms with van der Waals surface area (Å²) in [6.45, 7) is 0. The molecule has 1 saturated carbocycles. The van der Waals surface area contributed by atoms with Crippen molar-refractivity contribution >= 4 is 16.8 Å². The first kappa shape index (κ1) is 13.2. The van der Waals surface area contributed by atoms with Crippen LogP contribution in [0.15, 0.2) is 30.5 Å². The van der Waals surface area contributed by atoms with Gasteiger partial charge in [0.15, 0.2) is 0 Å². The molecule has 4 heteroatoms. The summed E-state index contributed by atoms with van der Waals surface area (Å²) in [6, 6.07) is 7.89. The van der Waals surface area contributed by atoms with Gasteiger partial charge in [-0.2, -0.15) is 0 Å². The van der Waals surface area contributed by atoms with Gasteiger partial charge >= 0.3 is 0 Å². The standard InChI is InChI=1S/C16H20N2O2/c19-15-8-4-3-7-14(15)18-16(20)9-11-10-17-13-6-2-1-5-12(11)13/h1-2,5-6,10,14-15,17,19H,3-4,7-9H2,(H,18,20)/t14-,15-/m0/s1. The van der Waals surface area contributed by atoms with E-state index < -0.39 is 6.10 Å². The van der Waals surface area contributed by atoms with Crippen LogP contribution in [0.25, 0.3) is 10.9 Å². The molecule has 1 amide bonds. The van der Waals surface area contributed by atoms with E-state index in [4.69, 9.17) is 0 Å². The lowest BCUT2D eigenvalue weighted by Gasteiger charge is -2.28. The normalized spacial score (nSPS) is 22.9. The number of hydrogen-bond acceptors (Lipinski definition) is 2. The molecule has 0 aliphatic heterocycles. The van der Waals surface area contributed by atoms with Crippen LogP contribution >= 0.6 is 0 Å². The molecular formula is C16H20N2O2. The van der Waals surface area contributed by atoms with Crippen LogP contribution < -0.4 is 5.32 Å². The molecule has 1 fully saturated rings. The molecule has 106 valence electrons. The van der Waals surface area contributed by atoms with Gasteiger partial charge in [0.05, 0.1) is 18.6 Å². The highest BCUT2D eigenvalue weighted by atomic mass is 16.3. The summed E-state index contributed by atoms with van der Waals surface area (Å²) in [6.07, 6.45) is 5.65. The number of para-hydroxylation sites is 1. The number of amides is 1. The Bertz CT molecular complexity index is 605. The van der Waals surface area contributed by atoms with Crippen molar-refractivity contribution in [3.8, 4) is 0 Å². The van der Waals surface area contributed by atoms with Gasteiger partial charge in [-0.3, -0.25) is 4.79 Å². The van der Waals surface area contributed by atoms with E-state index in [0.29, 0.717) is 6.42 Å². The number of hydrogen-bond donors (Lipinski definition) is 3. The van der Waals surface area contributed by atoms with Gasteiger partial charge < -0.3 is 15.4 Å². The van der Waals surface area contributed by atoms with Gasteiger partial charge in [0, 0.05) is 17.1 Å². The van der Waals surface area contributed by atoms with Crippen LogP contribution in [0.5, 0.6) is 0 Å². The van der Waals surface area contributed by atoms with Crippen molar-refractivity contribution in [2.45, 2.75) is 44.2 Å². The molecule has 0 radical (unpaired) electrons. The molecule has 20 heavy (non-hydrogen) atoms. The van der Waals surface area contributed by atoms with Crippen LogP contribution in [-0.4, -0.2) is 28.1 Å². The second-order valence-corrected chi connectivity index (χ2v) is 5.56. The van der Waals surface area contributed by atoms with Crippen molar-refractivity contribution in [1.29, 1.82) is 0 Å². The number of aromatic nitrogens is 1. The van der Waals surface area contributed by atoms with Crippen molar-refractivity contribution in [3.63, 3.8) is 0 Å². The number of benzene rings is 1. The summed E-state index contributed by atoms with van der Waals surface area (Å²) in [5.41, 5.74) is 2.05. The van der Waals surface area contributed by atoms with Crippen LogP contribution in [0.1, 0.15) is 31.2 Å². The van der Waals surface area contributed by atoms with Gasteiger partial charge in [0.2, 0.25) is 5.91 Å². The molecule has 0 bridgehead atoms. The molecule has 2 aromatic rings. The second-order valence-electron chi connectivity index (χ2n) is 5.56. The number of carbonyl (C=O) groups is 1. The molecule has 1 aromatic carbocycles. The number of aromatic amines is 1. The smallest absolute Gasteiger partial charge is 0.224 e. The van der Waals surface area contributed by atoms with E-state index in [0.717, 1.165) is 42.1 Å². The minimum Gasteiger partial charge on any atom is -0.391 e. The van der Waals surface area contributed by atoms with Crippen molar-refractivity contribution in [2.24, 2.45) is 0 Å². The lowest BCUT2D eigenvalue weighted by molar-refractivity contribution is -0.122. The largest absolute Gasteiger partial charge is 0.391 e. The van der Waals surface area contributed by atoms with Gasteiger partial charge in [-0.05, 0) is 24.5 Å². The Labute approximate surface area is 118 Å². The molecule has 0 saturated heterocycles. The molecule has 2 atom stereocenters. The maximum atomic E-state index is 12.1. The first-order chi connectivity index (χ1) is 9.74. The van der Waals surface area contributed by atoms with Crippen molar-refractivity contribution in [2.75, 3.05) is 0 Å². The molecular weight excluding hydrogens is 252 g/mol.